The van der Waals surface area contributed by atoms with Crippen LogP contribution >= 0.6 is 0 Å². The molecule has 0 aromatic heterocycles. The highest BCUT2D eigenvalue weighted by atomic mass is 16.3. The molecule has 1 aliphatic rings. The number of hydrogen-bond acceptors (Lipinski definition) is 4. The van der Waals surface area contributed by atoms with Gasteiger partial charge < -0.3 is 20.6 Å². The van der Waals surface area contributed by atoms with Gasteiger partial charge in [0.25, 0.3) is 0 Å². The average Bonchev–Trinajstić information content (AvgIpc) is 2.86. The summed E-state index contributed by atoms with van der Waals surface area (Å²) in [5.41, 5.74) is 1.02. The third-order valence-corrected chi connectivity index (χ3v) is 4.73. The molecule has 5 heteroatoms. The number of hydrogen-bond donors (Lipinski definition) is 4. The van der Waals surface area contributed by atoms with Crippen molar-refractivity contribution in [3.8, 4) is 0 Å². The first-order chi connectivity index (χ1) is 11.4. The van der Waals surface area contributed by atoms with E-state index in [9.17, 15) is 20.1 Å². The van der Waals surface area contributed by atoms with Gasteiger partial charge >= 0.3 is 0 Å². The Labute approximate surface area is 143 Å². The predicted molar refractivity (Wildman–Crippen MR) is 92.3 cm³/mol. The van der Waals surface area contributed by atoms with Crippen LogP contribution in [0.3, 0.4) is 0 Å². The maximum atomic E-state index is 12.3. The highest BCUT2D eigenvalue weighted by Gasteiger charge is 2.40. The van der Waals surface area contributed by atoms with Crippen LogP contribution in [-0.4, -0.2) is 45.6 Å². The van der Waals surface area contributed by atoms with Crippen molar-refractivity contribution in [3.05, 3.63) is 35.9 Å². The van der Waals surface area contributed by atoms with Gasteiger partial charge in [-0.3, -0.25) is 4.79 Å². The third kappa shape index (κ3) is 5.03. The topological polar surface area (TPSA) is 89.8 Å². The molecule has 2 rings (SSSR count). The van der Waals surface area contributed by atoms with E-state index in [2.05, 4.69) is 5.32 Å². The maximum absolute atomic E-state index is 12.3. The van der Waals surface area contributed by atoms with E-state index in [0.29, 0.717) is 25.7 Å². The van der Waals surface area contributed by atoms with Gasteiger partial charge in [0, 0.05) is 12.0 Å². The second-order valence-electron chi connectivity index (χ2n) is 7.24. The van der Waals surface area contributed by atoms with Gasteiger partial charge in [-0.15, -0.1) is 0 Å². The van der Waals surface area contributed by atoms with Crippen LogP contribution in [0.1, 0.15) is 38.7 Å². The van der Waals surface area contributed by atoms with Crippen molar-refractivity contribution in [2.45, 2.75) is 63.9 Å². The summed E-state index contributed by atoms with van der Waals surface area (Å²) in [4.78, 5) is 12.3. The average molecular weight is 335 g/mol. The van der Waals surface area contributed by atoms with Crippen molar-refractivity contribution in [3.63, 3.8) is 0 Å². The highest BCUT2D eigenvalue weighted by molar-refractivity contribution is 5.80. The van der Waals surface area contributed by atoms with Gasteiger partial charge in [-0.25, -0.2) is 0 Å². The molecule has 0 heterocycles. The summed E-state index contributed by atoms with van der Waals surface area (Å²) in [6.45, 7) is 3.89. The van der Waals surface area contributed by atoms with Gasteiger partial charge in [-0.1, -0.05) is 44.2 Å². The lowest BCUT2D eigenvalue weighted by atomic mass is 9.88. The summed E-state index contributed by atoms with van der Waals surface area (Å²) in [6, 6.07) is 9.26. The molecule has 0 aliphatic heterocycles. The summed E-state index contributed by atoms with van der Waals surface area (Å²) in [5.74, 6) is -0.641. The molecule has 1 fully saturated rings. The molecule has 4 N–H and O–H groups in total. The number of nitrogens with one attached hydrogen (secondary N) is 1. The monoisotopic (exact) mass is 335 g/mol. The summed E-state index contributed by atoms with van der Waals surface area (Å²) in [5, 5.41) is 33.4. The quantitative estimate of drug-likeness (QED) is 0.604. The van der Waals surface area contributed by atoms with Crippen LogP contribution in [0.2, 0.25) is 0 Å². The molecule has 0 saturated heterocycles. The molecule has 0 radical (unpaired) electrons. The van der Waals surface area contributed by atoms with E-state index in [1.807, 2.05) is 44.2 Å². The normalized spacial score (nSPS) is 26.3. The summed E-state index contributed by atoms with van der Waals surface area (Å²) < 4.78 is 0. The van der Waals surface area contributed by atoms with E-state index in [1.165, 1.54) is 0 Å². The molecule has 1 amide bonds. The van der Waals surface area contributed by atoms with Crippen LogP contribution < -0.4 is 5.32 Å². The van der Waals surface area contributed by atoms with E-state index in [1.54, 1.807) is 0 Å². The van der Waals surface area contributed by atoms with Crippen molar-refractivity contribution in [2.24, 2.45) is 11.8 Å². The van der Waals surface area contributed by atoms with Gasteiger partial charge in [0.1, 0.15) is 6.10 Å². The Morgan fingerprint density at radius 2 is 1.75 bits per heavy atom. The maximum Gasteiger partial charge on any atom is 0.249 e. The molecular formula is C19H29NO4. The number of aliphatic hydroxyl groups excluding tert-OH is 3. The van der Waals surface area contributed by atoms with Crippen molar-refractivity contribution in [1.82, 2.24) is 5.32 Å². The first kappa shape index (κ1) is 18.9. The molecule has 4 atom stereocenters. The second kappa shape index (κ2) is 8.60. The van der Waals surface area contributed by atoms with E-state index in [-0.39, 0.29) is 5.92 Å². The molecule has 0 bridgehead atoms. The van der Waals surface area contributed by atoms with Crippen molar-refractivity contribution < 1.29 is 20.1 Å². The molecule has 134 valence electrons. The SMILES string of the molecule is CC(C)C[C@H](O)C(=O)N[C@@H](Cc1ccccc1)C1C(O)CCC1O. The van der Waals surface area contributed by atoms with Crippen LogP contribution in [0.5, 0.6) is 0 Å². The summed E-state index contributed by atoms with van der Waals surface area (Å²) in [7, 11) is 0. The zero-order valence-corrected chi connectivity index (χ0v) is 14.4. The Bertz CT molecular complexity index is 509. The smallest absolute Gasteiger partial charge is 0.249 e. The Morgan fingerprint density at radius 1 is 1.17 bits per heavy atom. The van der Waals surface area contributed by atoms with Gasteiger partial charge in [-0.05, 0) is 37.2 Å². The molecule has 0 spiro atoms. The Kier molecular flexibility index (Phi) is 6.78. The number of aliphatic hydroxyl groups is 3. The van der Waals surface area contributed by atoms with Crippen LogP contribution in [0.25, 0.3) is 0 Å². The first-order valence-electron chi connectivity index (χ1n) is 8.77. The Hall–Kier alpha value is -1.43. The fraction of sp³-hybridized carbons (Fsp3) is 0.632. The molecule has 1 aliphatic carbocycles. The second-order valence-corrected chi connectivity index (χ2v) is 7.24. The molecular weight excluding hydrogens is 306 g/mol. The van der Waals surface area contributed by atoms with Gasteiger partial charge in [0.2, 0.25) is 5.91 Å². The lowest BCUT2D eigenvalue weighted by Gasteiger charge is -2.30. The molecule has 1 saturated carbocycles. The number of carbonyl (C=O) groups is 1. The molecule has 24 heavy (non-hydrogen) atoms. The fourth-order valence-electron chi connectivity index (χ4n) is 3.50. The minimum absolute atomic E-state index is 0.209. The van der Waals surface area contributed by atoms with E-state index < -0.39 is 36.2 Å². The standard InChI is InChI=1S/C19H29NO4/c1-12(2)10-17(23)19(24)20-14(11-13-6-4-3-5-7-13)18-15(21)8-9-16(18)22/h3-7,12,14-18,21-23H,8-11H2,1-2H3,(H,20,24)/t14-,15?,16?,17-,18?/m0/s1. The van der Waals surface area contributed by atoms with Crippen LogP contribution in [-0.2, 0) is 11.2 Å². The predicted octanol–water partition coefficient (Wildman–Crippen LogP) is 1.25. The molecule has 1 aromatic rings. The number of rotatable bonds is 7. The third-order valence-electron chi connectivity index (χ3n) is 4.73. The largest absolute Gasteiger partial charge is 0.393 e. The molecule has 2 unspecified atom stereocenters. The summed E-state index contributed by atoms with van der Waals surface area (Å²) >= 11 is 0. The van der Waals surface area contributed by atoms with Crippen molar-refractivity contribution >= 4 is 5.91 Å². The van der Waals surface area contributed by atoms with Crippen molar-refractivity contribution in [1.29, 1.82) is 0 Å². The molecule has 1 aromatic carbocycles. The Morgan fingerprint density at radius 3 is 2.29 bits per heavy atom. The van der Waals surface area contributed by atoms with Crippen LogP contribution in [0.15, 0.2) is 30.3 Å². The van der Waals surface area contributed by atoms with Gasteiger partial charge in [0.05, 0.1) is 12.2 Å². The van der Waals surface area contributed by atoms with Crippen LogP contribution in [0, 0.1) is 11.8 Å². The summed E-state index contributed by atoms with van der Waals surface area (Å²) in [6.07, 6.45) is -0.394. The van der Waals surface area contributed by atoms with Gasteiger partial charge in [-0.2, -0.15) is 0 Å². The minimum Gasteiger partial charge on any atom is -0.393 e. The minimum atomic E-state index is -1.07. The van der Waals surface area contributed by atoms with E-state index in [4.69, 9.17) is 0 Å². The zero-order chi connectivity index (χ0) is 17.7. The van der Waals surface area contributed by atoms with E-state index >= 15 is 0 Å². The molecule has 5 nitrogen and oxygen atoms in total. The number of amides is 1. The first-order valence-corrected chi connectivity index (χ1v) is 8.77. The number of benzene rings is 1. The number of carbonyl (C=O) groups excluding carboxylic acids is 1. The van der Waals surface area contributed by atoms with E-state index in [0.717, 1.165) is 5.56 Å². The van der Waals surface area contributed by atoms with Gasteiger partial charge in [0.15, 0.2) is 0 Å². The zero-order valence-electron chi connectivity index (χ0n) is 14.4. The lowest BCUT2D eigenvalue weighted by molar-refractivity contribution is -0.131. The fourth-order valence-corrected chi connectivity index (χ4v) is 3.50. The Balaban J connectivity index is 2.12. The van der Waals surface area contributed by atoms with Crippen molar-refractivity contribution in [2.75, 3.05) is 0 Å². The lowest BCUT2D eigenvalue weighted by Crippen LogP contribution is -2.50. The van der Waals surface area contributed by atoms with Crippen LogP contribution in [0.4, 0.5) is 0 Å². The highest BCUT2D eigenvalue weighted by Crippen LogP contribution is 2.30.